The third kappa shape index (κ3) is 2.78. The molecule has 2 aromatic carbocycles. The van der Waals surface area contributed by atoms with Crippen molar-refractivity contribution >= 4 is 21.9 Å². The Kier molecular flexibility index (Phi) is 3.98. The summed E-state index contributed by atoms with van der Waals surface area (Å²) in [6.07, 6.45) is 2.49. The second-order valence-corrected chi connectivity index (χ2v) is 6.72. The quantitative estimate of drug-likeness (QED) is 0.735. The maximum Gasteiger partial charge on any atom is 0.222 e. The molecule has 0 unspecified atom stereocenters. The molecule has 0 bridgehead atoms. The van der Waals surface area contributed by atoms with E-state index in [0.717, 1.165) is 22.6 Å². The van der Waals surface area contributed by atoms with Crippen molar-refractivity contribution in [2.75, 3.05) is 12.4 Å². The lowest BCUT2D eigenvalue weighted by molar-refractivity contribution is 0.406. The van der Waals surface area contributed by atoms with Gasteiger partial charge in [0.15, 0.2) is 0 Å². The summed E-state index contributed by atoms with van der Waals surface area (Å²) in [6, 6.07) is 16.9. The molecular weight excluding hydrogens is 368 g/mol. The molecule has 2 atom stereocenters. The fourth-order valence-electron chi connectivity index (χ4n) is 3.16. The molecule has 0 spiro atoms. The van der Waals surface area contributed by atoms with E-state index in [-0.39, 0.29) is 12.1 Å². The number of benzene rings is 2. The second kappa shape index (κ2) is 6.28. The monoisotopic (exact) mass is 384 g/mol. The zero-order valence-corrected chi connectivity index (χ0v) is 14.8. The molecule has 0 saturated heterocycles. The Morgan fingerprint density at radius 2 is 2.00 bits per heavy atom. The van der Waals surface area contributed by atoms with Crippen molar-refractivity contribution in [3.63, 3.8) is 0 Å². The highest BCUT2D eigenvalue weighted by molar-refractivity contribution is 9.10. The first-order valence-corrected chi connectivity index (χ1v) is 8.59. The first-order valence-electron chi connectivity index (χ1n) is 7.80. The van der Waals surface area contributed by atoms with Crippen LogP contribution in [0.25, 0.3) is 0 Å². The van der Waals surface area contributed by atoms with Gasteiger partial charge in [-0.15, -0.1) is 0 Å². The molecule has 2 heterocycles. The van der Waals surface area contributed by atoms with Crippen molar-refractivity contribution in [1.82, 2.24) is 14.8 Å². The number of rotatable bonds is 3. The summed E-state index contributed by atoms with van der Waals surface area (Å²) in [7, 11) is 1.69. The van der Waals surface area contributed by atoms with Gasteiger partial charge in [0.05, 0.1) is 19.2 Å². The summed E-state index contributed by atoms with van der Waals surface area (Å²) in [5.41, 5.74) is 2.41. The third-order valence-corrected chi connectivity index (χ3v) is 4.91. The van der Waals surface area contributed by atoms with Gasteiger partial charge in [0.1, 0.15) is 12.1 Å². The van der Waals surface area contributed by atoms with Crippen LogP contribution in [-0.2, 0) is 0 Å². The number of hydrogen-bond donors (Lipinski definition) is 1. The van der Waals surface area contributed by atoms with Crippen LogP contribution in [0.5, 0.6) is 5.75 Å². The maximum atomic E-state index is 5.37. The largest absolute Gasteiger partial charge is 0.497 e. The van der Waals surface area contributed by atoms with E-state index < -0.39 is 0 Å². The smallest absolute Gasteiger partial charge is 0.222 e. The summed E-state index contributed by atoms with van der Waals surface area (Å²) < 4.78 is 8.40. The van der Waals surface area contributed by atoms with Crippen molar-refractivity contribution in [1.29, 1.82) is 0 Å². The zero-order chi connectivity index (χ0) is 16.5. The van der Waals surface area contributed by atoms with E-state index in [4.69, 9.17) is 4.74 Å². The minimum Gasteiger partial charge on any atom is -0.497 e. The Morgan fingerprint density at radius 3 is 2.79 bits per heavy atom. The highest BCUT2D eigenvalue weighted by atomic mass is 79.9. The third-order valence-electron chi connectivity index (χ3n) is 4.38. The SMILES string of the molecule is COc1cccc([C@H]2C[C@@H](c3ccc(Br)cc3)Nc3ncnn32)c1. The lowest BCUT2D eigenvalue weighted by atomic mass is 9.93. The maximum absolute atomic E-state index is 5.37. The fourth-order valence-corrected chi connectivity index (χ4v) is 3.42. The van der Waals surface area contributed by atoms with Crippen molar-refractivity contribution in [2.24, 2.45) is 0 Å². The van der Waals surface area contributed by atoms with Crippen LogP contribution < -0.4 is 10.1 Å². The van der Waals surface area contributed by atoms with Gasteiger partial charge in [-0.3, -0.25) is 0 Å². The number of nitrogens with one attached hydrogen (secondary N) is 1. The van der Waals surface area contributed by atoms with Crippen molar-refractivity contribution in [2.45, 2.75) is 18.5 Å². The van der Waals surface area contributed by atoms with Crippen molar-refractivity contribution < 1.29 is 4.74 Å². The van der Waals surface area contributed by atoms with Crippen LogP contribution in [0, 0.1) is 0 Å². The van der Waals surface area contributed by atoms with Gasteiger partial charge in [-0.2, -0.15) is 10.1 Å². The Morgan fingerprint density at radius 1 is 1.17 bits per heavy atom. The molecule has 4 rings (SSSR count). The van der Waals surface area contributed by atoms with Gasteiger partial charge in [0.25, 0.3) is 0 Å². The van der Waals surface area contributed by atoms with Crippen molar-refractivity contribution in [3.05, 3.63) is 70.5 Å². The highest BCUT2D eigenvalue weighted by Crippen LogP contribution is 2.38. The summed E-state index contributed by atoms with van der Waals surface area (Å²) in [4.78, 5) is 4.37. The lowest BCUT2D eigenvalue weighted by Gasteiger charge is -2.32. The average molecular weight is 385 g/mol. The van der Waals surface area contributed by atoms with Crippen LogP contribution in [0.4, 0.5) is 5.95 Å². The first-order chi connectivity index (χ1) is 11.7. The summed E-state index contributed by atoms with van der Waals surface area (Å²) in [6.45, 7) is 0. The van der Waals surface area contributed by atoms with Crippen LogP contribution in [0.1, 0.15) is 29.6 Å². The summed E-state index contributed by atoms with van der Waals surface area (Å²) >= 11 is 3.49. The van der Waals surface area contributed by atoms with Gasteiger partial charge in [-0.25, -0.2) is 4.68 Å². The molecule has 1 aromatic heterocycles. The second-order valence-electron chi connectivity index (χ2n) is 5.80. The molecule has 24 heavy (non-hydrogen) atoms. The number of nitrogens with zero attached hydrogens (tertiary/aromatic N) is 3. The number of halogens is 1. The van der Waals surface area contributed by atoms with E-state index in [1.165, 1.54) is 11.1 Å². The average Bonchev–Trinajstić information content (AvgIpc) is 3.10. The molecule has 0 saturated carbocycles. The molecule has 1 aliphatic rings. The molecule has 0 aliphatic carbocycles. The molecule has 5 nitrogen and oxygen atoms in total. The van der Waals surface area contributed by atoms with Gasteiger partial charge in [0.2, 0.25) is 5.95 Å². The van der Waals surface area contributed by atoms with E-state index in [2.05, 4.69) is 67.7 Å². The van der Waals surface area contributed by atoms with E-state index >= 15 is 0 Å². The van der Waals surface area contributed by atoms with Crippen LogP contribution >= 0.6 is 15.9 Å². The lowest BCUT2D eigenvalue weighted by Crippen LogP contribution is -2.28. The Balaban J connectivity index is 1.72. The highest BCUT2D eigenvalue weighted by Gasteiger charge is 2.30. The number of ether oxygens (including phenoxy) is 1. The van der Waals surface area contributed by atoms with E-state index in [9.17, 15) is 0 Å². The minimum atomic E-state index is 0.118. The van der Waals surface area contributed by atoms with Crippen LogP contribution in [0.2, 0.25) is 0 Å². The predicted molar refractivity (Wildman–Crippen MR) is 96.3 cm³/mol. The van der Waals surface area contributed by atoms with E-state index in [0.29, 0.717) is 0 Å². The summed E-state index contributed by atoms with van der Waals surface area (Å²) in [5.74, 6) is 1.65. The molecule has 0 amide bonds. The number of fused-ring (bicyclic) bond motifs is 1. The van der Waals surface area contributed by atoms with E-state index in [1.807, 2.05) is 16.8 Å². The fraction of sp³-hybridized carbons (Fsp3) is 0.222. The number of methoxy groups -OCH3 is 1. The van der Waals surface area contributed by atoms with Crippen LogP contribution in [0.15, 0.2) is 59.3 Å². The van der Waals surface area contributed by atoms with Gasteiger partial charge >= 0.3 is 0 Å². The summed E-state index contributed by atoms with van der Waals surface area (Å²) in [5, 5.41) is 7.89. The molecule has 0 radical (unpaired) electrons. The first kappa shape index (κ1) is 15.2. The van der Waals surface area contributed by atoms with Gasteiger partial charge in [0, 0.05) is 4.47 Å². The minimum absolute atomic E-state index is 0.118. The predicted octanol–water partition coefficient (Wildman–Crippen LogP) is 4.20. The molecular formula is C18H17BrN4O. The molecule has 3 aromatic rings. The van der Waals surface area contributed by atoms with Crippen LogP contribution in [0.3, 0.4) is 0 Å². The molecule has 1 aliphatic heterocycles. The Hall–Kier alpha value is -2.34. The molecule has 0 fully saturated rings. The topological polar surface area (TPSA) is 52.0 Å². The molecule has 122 valence electrons. The molecule has 6 heteroatoms. The van der Waals surface area contributed by atoms with Crippen molar-refractivity contribution in [3.8, 4) is 5.75 Å². The zero-order valence-electron chi connectivity index (χ0n) is 13.2. The number of hydrogen-bond acceptors (Lipinski definition) is 4. The standard InChI is InChI=1S/C18H17BrN4O/c1-24-15-4-2-3-13(9-15)17-10-16(12-5-7-14(19)8-6-12)22-18-20-11-21-23(17)18/h2-9,11,16-17H,10H2,1H3,(H,20,21,22)/t16-,17+/m0/s1. The van der Waals surface area contributed by atoms with Gasteiger partial charge < -0.3 is 10.1 Å². The number of anilines is 1. The number of aromatic nitrogens is 3. The van der Waals surface area contributed by atoms with Crippen LogP contribution in [-0.4, -0.2) is 21.9 Å². The van der Waals surface area contributed by atoms with Gasteiger partial charge in [-0.05, 0) is 41.8 Å². The molecule has 1 N–H and O–H groups in total. The normalized spacial score (nSPS) is 19.4. The Labute approximate surface area is 148 Å². The van der Waals surface area contributed by atoms with Gasteiger partial charge in [-0.1, -0.05) is 40.2 Å². The van der Waals surface area contributed by atoms with E-state index in [1.54, 1.807) is 13.4 Å². The Bertz CT molecular complexity index is 846.